The van der Waals surface area contributed by atoms with E-state index in [1.165, 1.54) is 0 Å². The Kier molecular flexibility index (Phi) is 7.34. The van der Waals surface area contributed by atoms with Crippen molar-refractivity contribution in [3.63, 3.8) is 0 Å². The SMILES string of the molecule is CCOC(=O)CCCC(C)(CC)COO. The number of esters is 1. The molecule has 1 atom stereocenters. The van der Waals surface area contributed by atoms with Crippen LogP contribution >= 0.6 is 0 Å². The minimum absolute atomic E-state index is 0.0543. The molecule has 0 spiro atoms. The number of carbonyl (C=O) groups excluding carboxylic acids is 1. The summed E-state index contributed by atoms with van der Waals surface area (Å²) in [7, 11) is 0. The fourth-order valence-electron chi connectivity index (χ4n) is 1.40. The van der Waals surface area contributed by atoms with Crippen LogP contribution in [0.25, 0.3) is 0 Å². The molecule has 0 aromatic rings. The minimum atomic E-state index is -0.152. The Hall–Kier alpha value is -0.610. The highest BCUT2D eigenvalue weighted by Gasteiger charge is 2.22. The van der Waals surface area contributed by atoms with E-state index in [0.717, 1.165) is 19.3 Å². The molecule has 0 heterocycles. The third-order valence-corrected chi connectivity index (χ3v) is 2.73. The molecule has 0 amide bonds. The standard InChI is InChI=1S/C11H22O4/c1-4-11(3,9-15-13)8-6-7-10(12)14-5-2/h13H,4-9H2,1-3H3. The fraction of sp³-hybridized carbons (Fsp3) is 0.909. The molecule has 0 fully saturated rings. The second-order valence-electron chi connectivity index (χ2n) is 4.10. The Morgan fingerprint density at radius 1 is 1.40 bits per heavy atom. The van der Waals surface area contributed by atoms with Gasteiger partial charge in [0.25, 0.3) is 0 Å². The van der Waals surface area contributed by atoms with E-state index in [-0.39, 0.29) is 11.4 Å². The zero-order valence-corrected chi connectivity index (χ0v) is 9.91. The van der Waals surface area contributed by atoms with Gasteiger partial charge in [-0.1, -0.05) is 13.8 Å². The van der Waals surface area contributed by atoms with Gasteiger partial charge < -0.3 is 4.74 Å². The molecule has 90 valence electrons. The van der Waals surface area contributed by atoms with E-state index in [1.807, 2.05) is 13.8 Å². The summed E-state index contributed by atoms with van der Waals surface area (Å²) < 4.78 is 4.83. The van der Waals surface area contributed by atoms with E-state index in [9.17, 15) is 4.79 Å². The van der Waals surface area contributed by atoms with E-state index >= 15 is 0 Å². The number of carbonyl (C=O) groups is 1. The highest BCUT2D eigenvalue weighted by atomic mass is 17.1. The lowest BCUT2D eigenvalue weighted by atomic mass is 9.83. The molecule has 1 N–H and O–H groups in total. The van der Waals surface area contributed by atoms with Crippen molar-refractivity contribution in [1.82, 2.24) is 0 Å². The largest absolute Gasteiger partial charge is 0.466 e. The van der Waals surface area contributed by atoms with Gasteiger partial charge in [-0.2, -0.15) is 0 Å². The molecule has 0 saturated carbocycles. The van der Waals surface area contributed by atoms with Gasteiger partial charge in [-0.3, -0.25) is 10.1 Å². The average molecular weight is 218 g/mol. The Balaban J connectivity index is 3.76. The van der Waals surface area contributed by atoms with Crippen LogP contribution in [0.1, 0.15) is 46.5 Å². The lowest BCUT2D eigenvalue weighted by Crippen LogP contribution is -2.22. The summed E-state index contributed by atoms with van der Waals surface area (Å²) >= 11 is 0. The number of hydrogen-bond donors (Lipinski definition) is 1. The maximum atomic E-state index is 11.1. The molecule has 0 aromatic carbocycles. The zero-order chi connectivity index (χ0) is 11.7. The van der Waals surface area contributed by atoms with Crippen LogP contribution in [-0.2, 0) is 14.4 Å². The van der Waals surface area contributed by atoms with Crippen LogP contribution in [0.2, 0.25) is 0 Å². The molecule has 0 aliphatic carbocycles. The van der Waals surface area contributed by atoms with Crippen LogP contribution in [0, 0.1) is 5.41 Å². The molecule has 15 heavy (non-hydrogen) atoms. The average Bonchev–Trinajstić information content (AvgIpc) is 2.18. The van der Waals surface area contributed by atoms with Crippen LogP contribution < -0.4 is 0 Å². The fourth-order valence-corrected chi connectivity index (χ4v) is 1.40. The third-order valence-electron chi connectivity index (χ3n) is 2.73. The van der Waals surface area contributed by atoms with Gasteiger partial charge in [0.1, 0.15) is 0 Å². The summed E-state index contributed by atoms with van der Waals surface area (Å²) in [6.45, 7) is 6.63. The number of rotatable bonds is 8. The van der Waals surface area contributed by atoms with Gasteiger partial charge in [-0.05, 0) is 31.6 Å². The summed E-state index contributed by atoms with van der Waals surface area (Å²) in [6.07, 6.45) is 2.97. The molecule has 0 bridgehead atoms. The van der Waals surface area contributed by atoms with Crippen molar-refractivity contribution in [2.75, 3.05) is 13.2 Å². The highest BCUT2D eigenvalue weighted by molar-refractivity contribution is 5.69. The number of ether oxygens (including phenoxy) is 1. The van der Waals surface area contributed by atoms with Crippen molar-refractivity contribution < 1.29 is 19.7 Å². The van der Waals surface area contributed by atoms with Gasteiger partial charge in [0, 0.05) is 6.42 Å². The van der Waals surface area contributed by atoms with Gasteiger partial charge >= 0.3 is 5.97 Å². The maximum Gasteiger partial charge on any atom is 0.305 e. The van der Waals surface area contributed by atoms with Crippen LogP contribution in [0.15, 0.2) is 0 Å². The maximum absolute atomic E-state index is 11.1. The van der Waals surface area contributed by atoms with Gasteiger partial charge in [0.05, 0.1) is 13.2 Å². The Morgan fingerprint density at radius 2 is 2.07 bits per heavy atom. The summed E-state index contributed by atoms with van der Waals surface area (Å²) in [5.41, 5.74) is -0.0543. The number of hydrogen-bond acceptors (Lipinski definition) is 4. The van der Waals surface area contributed by atoms with E-state index in [0.29, 0.717) is 19.6 Å². The molecule has 0 rings (SSSR count). The van der Waals surface area contributed by atoms with Crippen molar-refractivity contribution in [3.8, 4) is 0 Å². The van der Waals surface area contributed by atoms with Crippen molar-refractivity contribution in [3.05, 3.63) is 0 Å². The first kappa shape index (κ1) is 14.4. The molecule has 1 unspecified atom stereocenters. The van der Waals surface area contributed by atoms with Gasteiger partial charge in [-0.15, -0.1) is 0 Å². The second kappa shape index (κ2) is 7.65. The molecule has 0 aliphatic rings. The lowest BCUT2D eigenvalue weighted by molar-refractivity contribution is -0.262. The molecular formula is C11H22O4. The summed E-state index contributed by atoms with van der Waals surface area (Å²) in [6, 6.07) is 0. The van der Waals surface area contributed by atoms with Gasteiger partial charge in [-0.25, -0.2) is 4.89 Å². The van der Waals surface area contributed by atoms with Crippen molar-refractivity contribution in [1.29, 1.82) is 0 Å². The van der Waals surface area contributed by atoms with Crippen LogP contribution in [0.4, 0.5) is 0 Å². The molecule has 0 aliphatic heterocycles. The molecule has 0 saturated heterocycles. The Labute approximate surface area is 91.5 Å². The highest BCUT2D eigenvalue weighted by Crippen LogP contribution is 2.28. The zero-order valence-electron chi connectivity index (χ0n) is 9.91. The summed E-state index contributed by atoms with van der Waals surface area (Å²) in [5.74, 6) is -0.152. The first-order chi connectivity index (χ1) is 7.08. The molecule has 4 nitrogen and oxygen atoms in total. The second-order valence-corrected chi connectivity index (χ2v) is 4.10. The van der Waals surface area contributed by atoms with E-state index in [2.05, 4.69) is 4.89 Å². The predicted octanol–water partition coefficient (Wildman–Crippen LogP) is 2.63. The van der Waals surface area contributed by atoms with Crippen LogP contribution in [0.3, 0.4) is 0 Å². The first-order valence-corrected chi connectivity index (χ1v) is 5.50. The van der Waals surface area contributed by atoms with Gasteiger partial charge in [0.2, 0.25) is 0 Å². The first-order valence-electron chi connectivity index (χ1n) is 5.50. The molecule has 0 radical (unpaired) electrons. The van der Waals surface area contributed by atoms with Crippen molar-refractivity contribution in [2.45, 2.75) is 46.5 Å². The quantitative estimate of drug-likeness (QED) is 0.386. The van der Waals surface area contributed by atoms with E-state index in [1.54, 1.807) is 6.92 Å². The van der Waals surface area contributed by atoms with Gasteiger partial charge in [0.15, 0.2) is 0 Å². The normalized spacial score (nSPS) is 14.7. The van der Waals surface area contributed by atoms with E-state index in [4.69, 9.17) is 9.99 Å². The summed E-state index contributed by atoms with van der Waals surface area (Å²) in [5, 5.41) is 8.43. The Bertz CT molecular complexity index is 181. The van der Waals surface area contributed by atoms with E-state index < -0.39 is 0 Å². The predicted molar refractivity (Wildman–Crippen MR) is 57.5 cm³/mol. The minimum Gasteiger partial charge on any atom is -0.466 e. The van der Waals surface area contributed by atoms with Crippen LogP contribution in [-0.4, -0.2) is 24.4 Å². The monoisotopic (exact) mass is 218 g/mol. The molecule has 4 heteroatoms. The van der Waals surface area contributed by atoms with Crippen molar-refractivity contribution in [2.24, 2.45) is 5.41 Å². The van der Waals surface area contributed by atoms with Crippen LogP contribution in [0.5, 0.6) is 0 Å². The molecular weight excluding hydrogens is 196 g/mol. The Morgan fingerprint density at radius 3 is 2.53 bits per heavy atom. The smallest absolute Gasteiger partial charge is 0.305 e. The topological polar surface area (TPSA) is 55.8 Å². The van der Waals surface area contributed by atoms with Crippen molar-refractivity contribution >= 4 is 5.97 Å². The lowest BCUT2D eigenvalue weighted by Gasteiger charge is -2.25. The molecule has 0 aromatic heterocycles. The third kappa shape index (κ3) is 6.47. The summed E-state index contributed by atoms with van der Waals surface area (Å²) in [4.78, 5) is 15.3.